The molecule has 2 fully saturated rings. The second-order valence-electron chi connectivity index (χ2n) is 7.28. The van der Waals surface area contributed by atoms with E-state index in [2.05, 4.69) is 76.2 Å². The van der Waals surface area contributed by atoms with Gasteiger partial charge >= 0.3 is 0 Å². The average molecular weight is 359 g/mol. The molecule has 0 amide bonds. The molecule has 4 unspecified atom stereocenters. The molecule has 0 spiro atoms. The van der Waals surface area contributed by atoms with Crippen LogP contribution in [0.1, 0.15) is 34.8 Å². The standard InChI is InChI=1S/C23H22FN3/c24-19-13-11-16(12-14-19)20-15-27-22(18-9-5-2-6-10-18)21(26-23(27)25-20)17-7-3-1-4-8-17/h1-14,20-23,25-26H,15H2. The lowest BCUT2D eigenvalue weighted by molar-refractivity contribution is 0.229. The third-order valence-electron chi connectivity index (χ3n) is 5.67. The quantitative estimate of drug-likeness (QED) is 0.736. The molecule has 0 saturated carbocycles. The number of hydrogen-bond donors (Lipinski definition) is 2. The lowest BCUT2D eigenvalue weighted by Gasteiger charge is -2.27. The third kappa shape index (κ3) is 3.06. The summed E-state index contributed by atoms with van der Waals surface area (Å²) in [7, 11) is 0. The maximum atomic E-state index is 13.3. The molecule has 4 heteroatoms. The minimum Gasteiger partial charge on any atom is -0.281 e. The number of rotatable bonds is 3. The second-order valence-corrected chi connectivity index (χ2v) is 7.28. The monoisotopic (exact) mass is 359 g/mol. The van der Waals surface area contributed by atoms with Crippen molar-refractivity contribution in [1.82, 2.24) is 15.5 Å². The number of nitrogens with zero attached hydrogens (tertiary/aromatic N) is 1. The predicted octanol–water partition coefficient (Wildman–Crippen LogP) is 4.14. The van der Waals surface area contributed by atoms with Crippen LogP contribution in [-0.4, -0.2) is 17.7 Å². The number of nitrogens with one attached hydrogen (secondary N) is 2. The predicted molar refractivity (Wildman–Crippen MR) is 104 cm³/mol. The summed E-state index contributed by atoms with van der Waals surface area (Å²) in [5, 5.41) is 7.45. The minimum absolute atomic E-state index is 0.0930. The molecule has 0 aromatic heterocycles. The Morgan fingerprint density at radius 2 is 1.33 bits per heavy atom. The van der Waals surface area contributed by atoms with Crippen molar-refractivity contribution in [3.8, 4) is 0 Å². The molecule has 5 rings (SSSR count). The highest BCUT2D eigenvalue weighted by Crippen LogP contribution is 2.43. The zero-order chi connectivity index (χ0) is 18.2. The zero-order valence-corrected chi connectivity index (χ0v) is 14.9. The van der Waals surface area contributed by atoms with Gasteiger partial charge in [0.2, 0.25) is 0 Å². The minimum atomic E-state index is -0.193. The van der Waals surface area contributed by atoms with Crippen molar-refractivity contribution in [2.75, 3.05) is 6.54 Å². The van der Waals surface area contributed by atoms with Crippen molar-refractivity contribution >= 4 is 0 Å². The van der Waals surface area contributed by atoms with Crippen LogP contribution >= 0.6 is 0 Å². The Hall–Kier alpha value is -2.53. The fraction of sp³-hybridized carbons (Fsp3) is 0.217. The van der Waals surface area contributed by atoms with Gasteiger partial charge in [0, 0.05) is 12.6 Å². The number of fused-ring (bicyclic) bond motifs is 1. The Bertz CT molecular complexity index is 898. The Kier molecular flexibility index (Phi) is 4.24. The van der Waals surface area contributed by atoms with Gasteiger partial charge in [0.15, 0.2) is 0 Å². The van der Waals surface area contributed by atoms with Gasteiger partial charge in [-0.25, -0.2) is 4.39 Å². The van der Waals surface area contributed by atoms with E-state index in [-0.39, 0.29) is 30.2 Å². The molecule has 0 aliphatic carbocycles. The molecule has 2 aliphatic rings. The van der Waals surface area contributed by atoms with E-state index in [4.69, 9.17) is 0 Å². The fourth-order valence-corrected chi connectivity index (χ4v) is 4.40. The summed E-state index contributed by atoms with van der Waals surface area (Å²) in [4.78, 5) is 2.49. The molecule has 0 radical (unpaired) electrons. The number of benzene rings is 3. The molecule has 3 aromatic rings. The van der Waals surface area contributed by atoms with Crippen molar-refractivity contribution in [2.45, 2.75) is 24.4 Å². The first-order valence-corrected chi connectivity index (χ1v) is 9.43. The van der Waals surface area contributed by atoms with Gasteiger partial charge in [-0.05, 0) is 28.8 Å². The molecule has 3 aromatic carbocycles. The lowest BCUT2D eigenvalue weighted by atomic mass is 9.93. The van der Waals surface area contributed by atoms with Crippen molar-refractivity contribution in [3.05, 3.63) is 107 Å². The molecule has 2 heterocycles. The van der Waals surface area contributed by atoms with Crippen LogP contribution in [0.15, 0.2) is 84.9 Å². The van der Waals surface area contributed by atoms with E-state index in [0.29, 0.717) is 0 Å². The molecule has 2 saturated heterocycles. The summed E-state index contributed by atoms with van der Waals surface area (Å²) >= 11 is 0. The fourth-order valence-electron chi connectivity index (χ4n) is 4.40. The van der Waals surface area contributed by atoms with E-state index in [9.17, 15) is 4.39 Å². The molecule has 27 heavy (non-hydrogen) atoms. The maximum Gasteiger partial charge on any atom is 0.123 e. The summed E-state index contributed by atoms with van der Waals surface area (Å²) in [5.74, 6) is -0.193. The van der Waals surface area contributed by atoms with E-state index < -0.39 is 0 Å². The second kappa shape index (κ2) is 6.89. The van der Waals surface area contributed by atoms with Crippen LogP contribution in [0.5, 0.6) is 0 Å². The van der Waals surface area contributed by atoms with Gasteiger partial charge in [-0.3, -0.25) is 15.5 Å². The molecule has 136 valence electrons. The van der Waals surface area contributed by atoms with E-state index >= 15 is 0 Å². The maximum absolute atomic E-state index is 13.3. The Morgan fingerprint density at radius 1 is 0.704 bits per heavy atom. The van der Waals surface area contributed by atoms with Crippen molar-refractivity contribution in [2.24, 2.45) is 0 Å². The smallest absolute Gasteiger partial charge is 0.123 e. The highest BCUT2D eigenvalue weighted by atomic mass is 19.1. The summed E-state index contributed by atoms with van der Waals surface area (Å²) in [6.07, 6.45) is 0.0930. The normalized spacial score (nSPS) is 27.6. The molecule has 4 atom stereocenters. The highest BCUT2D eigenvalue weighted by Gasteiger charge is 2.47. The lowest BCUT2D eigenvalue weighted by Crippen LogP contribution is -2.39. The van der Waals surface area contributed by atoms with E-state index in [1.54, 1.807) is 0 Å². The van der Waals surface area contributed by atoms with E-state index in [1.807, 2.05) is 12.1 Å². The molecular weight excluding hydrogens is 337 g/mol. The van der Waals surface area contributed by atoms with Gasteiger partial charge in [-0.1, -0.05) is 72.8 Å². The average Bonchev–Trinajstić information content (AvgIpc) is 3.28. The first kappa shape index (κ1) is 16.6. The molecule has 0 bridgehead atoms. The van der Waals surface area contributed by atoms with Crippen molar-refractivity contribution < 1.29 is 4.39 Å². The van der Waals surface area contributed by atoms with Gasteiger partial charge in [0.25, 0.3) is 0 Å². The first-order chi connectivity index (χ1) is 13.3. The van der Waals surface area contributed by atoms with Gasteiger partial charge in [-0.15, -0.1) is 0 Å². The number of halogens is 1. The molecule has 3 nitrogen and oxygen atoms in total. The summed E-state index contributed by atoms with van der Waals surface area (Å²) in [5.41, 5.74) is 3.72. The van der Waals surface area contributed by atoms with Crippen LogP contribution in [0.25, 0.3) is 0 Å². The topological polar surface area (TPSA) is 27.3 Å². The summed E-state index contributed by atoms with van der Waals surface area (Å²) in [6.45, 7) is 0.881. The largest absolute Gasteiger partial charge is 0.281 e. The van der Waals surface area contributed by atoms with Crippen LogP contribution in [0.4, 0.5) is 4.39 Å². The molecular formula is C23H22FN3. The van der Waals surface area contributed by atoms with Crippen molar-refractivity contribution in [3.63, 3.8) is 0 Å². The molecule has 2 aliphatic heterocycles. The Balaban J connectivity index is 1.47. The van der Waals surface area contributed by atoms with Crippen LogP contribution in [-0.2, 0) is 0 Å². The summed E-state index contributed by atoms with van der Waals surface area (Å²) < 4.78 is 13.3. The van der Waals surface area contributed by atoms with E-state index in [1.165, 1.54) is 23.3 Å². The Labute approximate surface area is 158 Å². The van der Waals surface area contributed by atoms with Gasteiger partial charge in [-0.2, -0.15) is 0 Å². The van der Waals surface area contributed by atoms with Crippen molar-refractivity contribution in [1.29, 1.82) is 0 Å². The molecule has 2 N–H and O–H groups in total. The van der Waals surface area contributed by atoms with Crippen LogP contribution in [0.3, 0.4) is 0 Å². The number of hydrogen-bond acceptors (Lipinski definition) is 3. The summed E-state index contributed by atoms with van der Waals surface area (Å²) in [6, 6.07) is 28.8. The van der Waals surface area contributed by atoms with Gasteiger partial charge in [0.05, 0.1) is 12.1 Å². The van der Waals surface area contributed by atoms with E-state index in [0.717, 1.165) is 12.1 Å². The van der Waals surface area contributed by atoms with Crippen LogP contribution < -0.4 is 10.6 Å². The highest BCUT2D eigenvalue weighted by molar-refractivity contribution is 5.31. The SMILES string of the molecule is Fc1ccc(C2CN3C(N2)NC(c2ccccc2)C3c2ccccc2)cc1. The Morgan fingerprint density at radius 3 is 2.00 bits per heavy atom. The van der Waals surface area contributed by atoms with Gasteiger partial charge in [0.1, 0.15) is 12.1 Å². The first-order valence-electron chi connectivity index (χ1n) is 9.43. The third-order valence-corrected chi connectivity index (χ3v) is 5.67. The zero-order valence-electron chi connectivity index (χ0n) is 14.9. The van der Waals surface area contributed by atoms with Crippen LogP contribution in [0.2, 0.25) is 0 Å². The van der Waals surface area contributed by atoms with Gasteiger partial charge < -0.3 is 0 Å². The van der Waals surface area contributed by atoms with Crippen LogP contribution in [0, 0.1) is 5.82 Å².